The summed E-state index contributed by atoms with van der Waals surface area (Å²) in [5, 5.41) is 22.0. The van der Waals surface area contributed by atoms with Crippen molar-refractivity contribution in [2.75, 3.05) is 12.0 Å². The maximum Gasteiger partial charge on any atom is 0.252 e. The lowest BCUT2D eigenvalue weighted by Gasteiger charge is -2.37. The van der Waals surface area contributed by atoms with Crippen LogP contribution >= 0.6 is 0 Å². The van der Waals surface area contributed by atoms with E-state index < -0.39 is 26.8 Å². The molecule has 3 aromatic heterocycles. The number of nitrogens with zero attached hydrogens (tertiary/aromatic N) is 9. The second-order valence-corrected chi connectivity index (χ2v) is 13.3. The largest absolute Gasteiger partial charge is 0.252 e. The van der Waals surface area contributed by atoms with Gasteiger partial charge in [0.05, 0.1) is 37.8 Å². The fourth-order valence-electron chi connectivity index (χ4n) is 6.37. The van der Waals surface area contributed by atoms with Crippen molar-refractivity contribution >= 4 is 9.73 Å². The summed E-state index contributed by atoms with van der Waals surface area (Å²) in [6.45, 7) is 4.33. The molecule has 1 fully saturated rings. The molecule has 40 heavy (non-hydrogen) atoms. The molecule has 0 aliphatic heterocycles. The highest BCUT2D eigenvalue weighted by molar-refractivity contribution is 7.93. The molecule has 2 aliphatic rings. The Morgan fingerprint density at radius 1 is 1.20 bits per heavy atom. The lowest BCUT2D eigenvalue weighted by atomic mass is 9.66. The number of aryl methyl sites for hydroxylation is 1. The van der Waals surface area contributed by atoms with Gasteiger partial charge in [0.1, 0.15) is 18.0 Å². The smallest absolute Gasteiger partial charge is 0.249 e. The first-order valence-corrected chi connectivity index (χ1v) is 14.8. The Kier molecular flexibility index (Phi) is 5.99. The lowest BCUT2D eigenvalue weighted by Crippen LogP contribution is -2.38. The summed E-state index contributed by atoms with van der Waals surface area (Å²) < 4.78 is 46.3. The number of aromatic nitrogens is 7. The molecule has 2 bridgehead atoms. The third-order valence-electron chi connectivity index (χ3n) is 8.36. The Balaban J connectivity index is 1.38. The van der Waals surface area contributed by atoms with Gasteiger partial charge in [0.25, 0.3) is 5.95 Å². The van der Waals surface area contributed by atoms with E-state index in [9.17, 15) is 13.0 Å². The molecule has 10 nitrogen and oxygen atoms in total. The number of fused-ring (bicyclic) bond motifs is 5. The first-order chi connectivity index (χ1) is 19.1. The molecule has 1 saturated carbocycles. The van der Waals surface area contributed by atoms with E-state index in [1.165, 1.54) is 35.5 Å². The zero-order valence-corrected chi connectivity index (χ0v) is 22.9. The molecule has 13 heteroatoms. The van der Waals surface area contributed by atoms with Crippen LogP contribution in [0.5, 0.6) is 0 Å². The first-order valence-electron chi connectivity index (χ1n) is 12.7. The predicted octanol–water partition coefficient (Wildman–Crippen LogP) is 4.12. The average molecular weight is 562 g/mol. The lowest BCUT2D eigenvalue weighted by molar-refractivity contribution is 0.242. The van der Waals surface area contributed by atoms with E-state index in [2.05, 4.69) is 43.5 Å². The second kappa shape index (κ2) is 9.19. The van der Waals surface area contributed by atoms with Gasteiger partial charge in [-0.2, -0.15) is 15.0 Å². The summed E-state index contributed by atoms with van der Waals surface area (Å²) >= 11 is 0. The molecule has 204 valence electrons. The quantitative estimate of drug-likeness (QED) is 0.321. The van der Waals surface area contributed by atoms with Gasteiger partial charge >= 0.3 is 0 Å². The molecule has 0 amide bonds. The van der Waals surface area contributed by atoms with Gasteiger partial charge in [0.2, 0.25) is 6.19 Å². The molecule has 1 unspecified atom stereocenters. The number of rotatable bonds is 6. The minimum atomic E-state index is -2.64. The van der Waals surface area contributed by atoms with Crippen molar-refractivity contribution in [3.63, 3.8) is 0 Å². The van der Waals surface area contributed by atoms with Gasteiger partial charge in [-0.05, 0) is 54.0 Å². The molecule has 3 heterocycles. The van der Waals surface area contributed by atoms with E-state index >= 15 is 0 Å². The fraction of sp³-hybridized carbons (Fsp3) is 0.370. The van der Waals surface area contributed by atoms with Crippen LogP contribution in [0, 0.1) is 28.5 Å². The van der Waals surface area contributed by atoms with Crippen molar-refractivity contribution in [2.24, 2.45) is 9.78 Å². The first kappa shape index (κ1) is 26.1. The number of benzene rings is 1. The Labute approximate surface area is 229 Å². The minimum Gasteiger partial charge on any atom is -0.249 e. The topological polar surface area (TPSA) is 135 Å². The van der Waals surface area contributed by atoms with E-state index in [1.54, 1.807) is 18.5 Å². The van der Waals surface area contributed by atoms with E-state index in [-0.39, 0.29) is 34.8 Å². The number of hydrogen-bond donors (Lipinski definition) is 0. The average Bonchev–Trinajstić information content (AvgIpc) is 3.55. The summed E-state index contributed by atoms with van der Waals surface area (Å²) in [6, 6.07) is 7.39. The zero-order valence-electron chi connectivity index (χ0n) is 22.0. The molecular formula is C27H25F2N9OS. The van der Waals surface area contributed by atoms with Crippen molar-refractivity contribution in [3.8, 4) is 23.4 Å². The highest BCUT2D eigenvalue weighted by Crippen LogP contribution is 2.69. The standard InChI is InChI=1S/C27H25F2N9OS/c1-26(2)17-7-10-27(26,24-16(17)13-20(35-36-24)23-18(28)5-4-6-19(23)29)21-8-11-31-25(34-21)38-15-32-22(37-38)9-12-40(3,39)33-14-30/h4-6,8,11,13,15,17H,7,9-10,12H2,1-3H3/t17-,27+,40?/m0/s1. The van der Waals surface area contributed by atoms with Crippen molar-refractivity contribution in [2.45, 2.75) is 44.4 Å². The molecule has 6 rings (SSSR count). The molecule has 1 aromatic carbocycles. The van der Waals surface area contributed by atoms with Crippen molar-refractivity contribution in [1.82, 2.24) is 34.9 Å². The maximum absolute atomic E-state index is 14.5. The van der Waals surface area contributed by atoms with E-state index in [4.69, 9.17) is 10.2 Å². The fourth-order valence-corrected chi connectivity index (χ4v) is 7.20. The molecule has 2 aliphatic carbocycles. The molecule has 3 atom stereocenters. The highest BCUT2D eigenvalue weighted by atomic mass is 32.2. The van der Waals surface area contributed by atoms with Crippen LogP contribution in [0.2, 0.25) is 0 Å². The predicted molar refractivity (Wildman–Crippen MR) is 142 cm³/mol. The van der Waals surface area contributed by atoms with Crippen LogP contribution < -0.4 is 0 Å². The van der Waals surface area contributed by atoms with Crippen molar-refractivity contribution in [1.29, 1.82) is 5.26 Å². The van der Waals surface area contributed by atoms with Gasteiger partial charge in [-0.3, -0.25) is 0 Å². The van der Waals surface area contributed by atoms with Crippen LogP contribution in [-0.2, 0) is 21.6 Å². The Hall–Kier alpha value is -4.18. The third kappa shape index (κ3) is 3.89. The van der Waals surface area contributed by atoms with Gasteiger partial charge in [-0.1, -0.05) is 19.9 Å². The normalized spacial score (nSPS) is 21.9. The number of nitriles is 1. The van der Waals surface area contributed by atoms with Crippen LogP contribution in [-0.4, -0.2) is 51.1 Å². The molecule has 0 saturated heterocycles. The molecular weight excluding hydrogens is 536 g/mol. The second-order valence-electron chi connectivity index (χ2n) is 10.8. The van der Waals surface area contributed by atoms with Crippen LogP contribution in [0.4, 0.5) is 8.78 Å². The van der Waals surface area contributed by atoms with Crippen LogP contribution in [0.15, 0.2) is 47.2 Å². The third-order valence-corrected chi connectivity index (χ3v) is 9.79. The van der Waals surface area contributed by atoms with Crippen molar-refractivity contribution < 1.29 is 13.0 Å². The Morgan fingerprint density at radius 2 is 1.98 bits per heavy atom. The Morgan fingerprint density at radius 3 is 2.73 bits per heavy atom. The zero-order chi connectivity index (χ0) is 28.3. The minimum absolute atomic E-state index is 0.102. The van der Waals surface area contributed by atoms with Gasteiger partial charge in [-0.15, -0.1) is 14.6 Å². The van der Waals surface area contributed by atoms with Gasteiger partial charge in [-0.25, -0.2) is 27.9 Å². The molecule has 0 radical (unpaired) electrons. The summed E-state index contributed by atoms with van der Waals surface area (Å²) in [6.07, 6.45) is 8.09. The van der Waals surface area contributed by atoms with E-state index in [1.807, 2.05) is 6.07 Å². The molecule has 0 spiro atoms. The molecule has 4 aromatic rings. The summed E-state index contributed by atoms with van der Waals surface area (Å²) in [5.41, 5.74) is 1.55. The van der Waals surface area contributed by atoms with E-state index in [0.717, 1.165) is 29.8 Å². The van der Waals surface area contributed by atoms with Crippen LogP contribution in [0.1, 0.15) is 55.4 Å². The number of hydrogen-bond acceptors (Lipinski definition) is 9. The van der Waals surface area contributed by atoms with E-state index in [0.29, 0.717) is 11.8 Å². The van der Waals surface area contributed by atoms with Crippen LogP contribution in [0.3, 0.4) is 0 Å². The SMILES string of the molecule is CC1(C)[C@H]2CC[C@@]1(c1ccnc(-n3cnc(CCS(C)(=O)=NC#N)n3)n1)c1nnc(-c3c(F)cccc3F)cc12. The monoisotopic (exact) mass is 561 g/mol. The van der Waals surface area contributed by atoms with Gasteiger partial charge in [0.15, 0.2) is 5.82 Å². The summed E-state index contributed by atoms with van der Waals surface area (Å²) in [7, 11) is -2.64. The number of halogens is 2. The summed E-state index contributed by atoms with van der Waals surface area (Å²) in [5.74, 6) is -0.361. The van der Waals surface area contributed by atoms with Crippen molar-refractivity contribution in [3.05, 3.63) is 77.3 Å². The maximum atomic E-state index is 14.5. The van der Waals surface area contributed by atoms with Gasteiger partial charge < -0.3 is 0 Å². The highest BCUT2D eigenvalue weighted by Gasteiger charge is 2.65. The van der Waals surface area contributed by atoms with Crippen LogP contribution in [0.25, 0.3) is 17.2 Å². The molecule has 0 N–H and O–H groups in total. The summed E-state index contributed by atoms with van der Waals surface area (Å²) in [4.78, 5) is 13.6. The Bertz CT molecular complexity index is 1800. The van der Waals surface area contributed by atoms with Gasteiger partial charge in [0, 0.05) is 24.6 Å².